The van der Waals surface area contributed by atoms with Crippen molar-refractivity contribution in [1.82, 2.24) is 9.97 Å². The average molecular weight is 335 g/mol. The molecule has 0 unspecified atom stereocenters. The number of benzene rings is 1. The van der Waals surface area contributed by atoms with E-state index in [1.807, 2.05) is 31.2 Å². The van der Waals surface area contributed by atoms with Crippen LogP contribution in [0.3, 0.4) is 0 Å². The Hall–Kier alpha value is -1.95. The fraction of sp³-hybridized carbons (Fsp3) is 0.214. The van der Waals surface area contributed by atoms with Crippen LogP contribution in [0.5, 0.6) is 0 Å². The molecule has 0 saturated carbocycles. The maximum absolute atomic E-state index is 11.5. The van der Waals surface area contributed by atoms with Gasteiger partial charge in [-0.3, -0.25) is 9.78 Å². The zero-order chi connectivity index (χ0) is 14.4. The number of halogens is 1. The number of nitrogens with one attached hydrogen (secondary N) is 2. The zero-order valence-corrected chi connectivity index (χ0v) is 12.6. The fourth-order valence-electron chi connectivity index (χ4n) is 1.70. The summed E-state index contributed by atoms with van der Waals surface area (Å²) in [6.07, 6.45) is 3.38. The minimum absolute atomic E-state index is 0.177. The van der Waals surface area contributed by atoms with Gasteiger partial charge in [-0.2, -0.15) is 5.10 Å². The Bertz CT molecular complexity index is 666. The Morgan fingerprint density at radius 3 is 3.05 bits per heavy atom. The second-order valence-corrected chi connectivity index (χ2v) is 5.18. The second kappa shape index (κ2) is 7.00. The number of rotatable bonds is 5. The lowest BCUT2D eigenvalue weighted by molar-refractivity contribution is 0.867. The van der Waals surface area contributed by atoms with Crippen LogP contribution in [0.2, 0.25) is 0 Å². The van der Waals surface area contributed by atoms with Crippen LogP contribution in [-0.4, -0.2) is 16.2 Å². The van der Waals surface area contributed by atoms with E-state index >= 15 is 0 Å². The summed E-state index contributed by atoms with van der Waals surface area (Å²) < 4.78 is 0.984. The molecule has 1 heterocycles. The van der Waals surface area contributed by atoms with Gasteiger partial charge in [0, 0.05) is 16.2 Å². The standard InChI is InChI=1S/C14H15BrN4O/c1-2-4-12-8-13(20)18-14(17-12)19-16-9-10-5-3-6-11(15)7-10/h3,5-9H,2,4H2,1H3,(H2,17,18,19,20)/b16-9+. The summed E-state index contributed by atoms with van der Waals surface area (Å²) in [4.78, 5) is 18.4. The van der Waals surface area contributed by atoms with Crippen molar-refractivity contribution >= 4 is 28.1 Å². The first-order chi connectivity index (χ1) is 9.67. The number of hydrogen-bond acceptors (Lipinski definition) is 4. The molecule has 2 aromatic rings. The van der Waals surface area contributed by atoms with Crippen molar-refractivity contribution in [1.29, 1.82) is 0 Å². The maximum Gasteiger partial charge on any atom is 0.252 e. The van der Waals surface area contributed by atoms with E-state index in [4.69, 9.17) is 0 Å². The lowest BCUT2D eigenvalue weighted by atomic mass is 10.2. The van der Waals surface area contributed by atoms with Gasteiger partial charge in [-0.15, -0.1) is 0 Å². The smallest absolute Gasteiger partial charge is 0.252 e. The minimum Gasteiger partial charge on any atom is -0.291 e. The molecule has 0 aliphatic carbocycles. The van der Waals surface area contributed by atoms with Gasteiger partial charge in [-0.1, -0.05) is 41.4 Å². The van der Waals surface area contributed by atoms with Crippen LogP contribution in [0.1, 0.15) is 24.6 Å². The third kappa shape index (κ3) is 4.31. The number of hydrogen-bond donors (Lipinski definition) is 2. The molecule has 0 aliphatic rings. The molecule has 1 aromatic heterocycles. The molecule has 0 spiro atoms. The molecular formula is C14H15BrN4O. The number of aromatic amines is 1. The van der Waals surface area contributed by atoms with E-state index in [1.165, 1.54) is 6.07 Å². The van der Waals surface area contributed by atoms with Crippen LogP contribution in [-0.2, 0) is 6.42 Å². The molecule has 2 N–H and O–H groups in total. The molecule has 0 radical (unpaired) electrons. The predicted octanol–water partition coefficient (Wildman–Crippen LogP) is 2.93. The van der Waals surface area contributed by atoms with Gasteiger partial charge in [0.1, 0.15) is 0 Å². The van der Waals surface area contributed by atoms with Crippen LogP contribution in [0, 0.1) is 0 Å². The van der Waals surface area contributed by atoms with Gasteiger partial charge in [0.15, 0.2) is 0 Å². The summed E-state index contributed by atoms with van der Waals surface area (Å²) in [6.45, 7) is 2.04. The van der Waals surface area contributed by atoms with Crippen molar-refractivity contribution in [3.8, 4) is 0 Å². The molecule has 0 fully saturated rings. The normalized spacial score (nSPS) is 10.9. The molecule has 1 aromatic carbocycles. The minimum atomic E-state index is -0.177. The van der Waals surface area contributed by atoms with E-state index in [2.05, 4.69) is 36.4 Å². The number of aryl methyl sites for hydroxylation is 1. The first-order valence-electron chi connectivity index (χ1n) is 6.32. The van der Waals surface area contributed by atoms with E-state index in [1.54, 1.807) is 6.21 Å². The summed E-state index contributed by atoms with van der Waals surface area (Å²) in [5.41, 5.74) is 4.27. The summed E-state index contributed by atoms with van der Waals surface area (Å²) in [5, 5.41) is 4.07. The predicted molar refractivity (Wildman–Crippen MR) is 84.2 cm³/mol. The number of anilines is 1. The van der Waals surface area contributed by atoms with Crippen molar-refractivity contribution in [2.24, 2.45) is 5.10 Å². The molecule has 0 aliphatic heterocycles. The number of aromatic nitrogens is 2. The monoisotopic (exact) mass is 334 g/mol. The molecule has 0 bridgehead atoms. The summed E-state index contributed by atoms with van der Waals surface area (Å²) in [7, 11) is 0. The number of nitrogens with zero attached hydrogens (tertiary/aromatic N) is 2. The van der Waals surface area contributed by atoms with Crippen LogP contribution < -0.4 is 11.0 Å². The van der Waals surface area contributed by atoms with Crippen molar-refractivity contribution in [3.05, 3.63) is 56.4 Å². The van der Waals surface area contributed by atoms with Crippen molar-refractivity contribution in [2.45, 2.75) is 19.8 Å². The Morgan fingerprint density at radius 2 is 2.30 bits per heavy atom. The van der Waals surface area contributed by atoms with Gasteiger partial charge >= 0.3 is 0 Å². The zero-order valence-electron chi connectivity index (χ0n) is 11.1. The molecule has 20 heavy (non-hydrogen) atoms. The molecule has 104 valence electrons. The Labute approximate surface area is 125 Å². The topological polar surface area (TPSA) is 70.1 Å². The van der Waals surface area contributed by atoms with Crippen LogP contribution >= 0.6 is 15.9 Å². The molecular weight excluding hydrogens is 320 g/mol. The Balaban J connectivity index is 2.08. The highest BCUT2D eigenvalue weighted by molar-refractivity contribution is 9.10. The molecule has 0 atom stereocenters. The lowest BCUT2D eigenvalue weighted by Crippen LogP contribution is -2.11. The van der Waals surface area contributed by atoms with Gasteiger partial charge in [0.2, 0.25) is 5.95 Å². The first-order valence-corrected chi connectivity index (χ1v) is 7.11. The third-order valence-corrected chi connectivity index (χ3v) is 3.03. The summed E-state index contributed by atoms with van der Waals surface area (Å²) in [5.74, 6) is 0.354. The van der Waals surface area contributed by atoms with E-state index in [0.717, 1.165) is 28.6 Å². The lowest BCUT2D eigenvalue weighted by Gasteiger charge is -2.02. The largest absolute Gasteiger partial charge is 0.291 e. The summed E-state index contributed by atoms with van der Waals surface area (Å²) in [6, 6.07) is 9.24. The highest BCUT2D eigenvalue weighted by Gasteiger charge is 1.99. The van der Waals surface area contributed by atoms with Crippen molar-refractivity contribution in [3.63, 3.8) is 0 Å². The molecule has 6 heteroatoms. The Kier molecular flexibility index (Phi) is 5.06. The van der Waals surface area contributed by atoms with Gasteiger partial charge in [-0.05, 0) is 24.1 Å². The Morgan fingerprint density at radius 1 is 1.45 bits per heavy atom. The van der Waals surface area contributed by atoms with E-state index in [0.29, 0.717) is 5.95 Å². The fourth-order valence-corrected chi connectivity index (χ4v) is 2.12. The molecule has 0 saturated heterocycles. The van der Waals surface area contributed by atoms with Gasteiger partial charge in [0.05, 0.1) is 6.21 Å². The number of hydrazone groups is 1. The first kappa shape index (κ1) is 14.5. The van der Waals surface area contributed by atoms with Crippen LogP contribution in [0.4, 0.5) is 5.95 Å². The SMILES string of the molecule is CCCc1cc(=O)[nH]c(N/N=C/c2cccc(Br)c2)n1. The van der Waals surface area contributed by atoms with Gasteiger partial charge < -0.3 is 0 Å². The molecule has 5 nitrogen and oxygen atoms in total. The third-order valence-electron chi connectivity index (χ3n) is 2.53. The van der Waals surface area contributed by atoms with Crippen LogP contribution in [0.15, 0.2) is 44.7 Å². The van der Waals surface area contributed by atoms with Crippen molar-refractivity contribution < 1.29 is 0 Å². The van der Waals surface area contributed by atoms with Crippen LogP contribution in [0.25, 0.3) is 0 Å². The second-order valence-electron chi connectivity index (χ2n) is 4.26. The van der Waals surface area contributed by atoms with Gasteiger partial charge in [0.25, 0.3) is 5.56 Å². The van der Waals surface area contributed by atoms with E-state index in [-0.39, 0.29) is 5.56 Å². The average Bonchev–Trinajstić information content (AvgIpc) is 2.38. The van der Waals surface area contributed by atoms with Gasteiger partial charge in [-0.25, -0.2) is 10.4 Å². The molecule has 2 rings (SSSR count). The maximum atomic E-state index is 11.5. The van der Waals surface area contributed by atoms with Crippen molar-refractivity contribution in [2.75, 3.05) is 5.43 Å². The summed E-state index contributed by atoms with van der Waals surface area (Å²) >= 11 is 3.39. The van der Waals surface area contributed by atoms with E-state index in [9.17, 15) is 4.79 Å². The highest BCUT2D eigenvalue weighted by atomic mass is 79.9. The molecule has 0 amide bonds. The van der Waals surface area contributed by atoms with E-state index < -0.39 is 0 Å². The quantitative estimate of drug-likeness (QED) is 0.652. The highest BCUT2D eigenvalue weighted by Crippen LogP contribution is 2.10. The number of H-pyrrole nitrogens is 1.